The van der Waals surface area contributed by atoms with E-state index in [0.29, 0.717) is 15.8 Å². The monoisotopic (exact) mass is 282 g/mol. The molecular weight excluding hydrogens is 272 g/mol. The molecule has 0 atom stereocenters. The number of hydrogen-bond acceptors (Lipinski definition) is 4. The van der Waals surface area contributed by atoms with E-state index in [0.717, 1.165) is 22.6 Å². The Balaban J connectivity index is 2.26. The van der Waals surface area contributed by atoms with Crippen LogP contribution in [0.25, 0.3) is 0 Å². The lowest BCUT2D eigenvalue weighted by molar-refractivity contribution is 0.0701. The summed E-state index contributed by atoms with van der Waals surface area (Å²) >= 11 is 7.12. The number of anilines is 2. The Morgan fingerprint density at radius 1 is 1.44 bits per heavy atom. The van der Waals surface area contributed by atoms with Gasteiger partial charge in [-0.05, 0) is 31.5 Å². The lowest BCUT2D eigenvalue weighted by Crippen LogP contribution is -1.94. The summed E-state index contributed by atoms with van der Waals surface area (Å²) < 4.78 is 0. The van der Waals surface area contributed by atoms with Crippen LogP contribution < -0.4 is 5.32 Å². The van der Waals surface area contributed by atoms with Crippen molar-refractivity contribution in [2.75, 3.05) is 5.32 Å². The van der Waals surface area contributed by atoms with E-state index >= 15 is 0 Å². The molecule has 0 fully saturated rings. The molecule has 0 saturated heterocycles. The molecule has 4 nitrogen and oxygen atoms in total. The predicted octanol–water partition coefficient (Wildman–Crippen LogP) is 3.86. The van der Waals surface area contributed by atoms with Gasteiger partial charge in [0.2, 0.25) is 0 Å². The van der Waals surface area contributed by atoms with E-state index in [1.165, 1.54) is 0 Å². The second-order valence-electron chi connectivity index (χ2n) is 3.83. The number of nitrogens with zero attached hydrogens (tertiary/aromatic N) is 1. The molecule has 0 bridgehead atoms. The molecule has 0 saturated carbocycles. The van der Waals surface area contributed by atoms with Gasteiger partial charge in [-0.1, -0.05) is 29.0 Å². The number of thiazole rings is 1. The van der Waals surface area contributed by atoms with Gasteiger partial charge in [0.15, 0.2) is 5.13 Å². The van der Waals surface area contributed by atoms with Crippen molar-refractivity contribution >= 4 is 39.7 Å². The van der Waals surface area contributed by atoms with Gasteiger partial charge in [0.05, 0.1) is 5.69 Å². The standard InChI is InChI=1S/C12H11ClN2O2S/c1-6-3-4-8(5-9(6)13)15-12-14-7(2)10(18-12)11(16)17/h3-5H,1-2H3,(H,14,15)(H,16,17). The van der Waals surface area contributed by atoms with Crippen molar-refractivity contribution in [1.29, 1.82) is 0 Å². The van der Waals surface area contributed by atoms with Gasteiger partial charge in [0, 0.05) is 10.7 Å². The van der Waals surface area contributed by atoms with Crippen LogP contribution in [0.3, 0.4) is 0 Å². The second-order valence-corrected chi connectivity index (χ2v) is 5.23. The van der Waals surface area contributed by atoms with Gasteiger partial charge in [-0.3, -0.25) is 0 Å². The van der Waals surface area contributed by atoms with Crippen molar-refractivity contribution in [3.8, 4) is 0 Å². The van der Waals surface area contributed by atoms with Crippen LogP contribution in [-0.4, -0.2) is 16.1 Å². The topological polar surface area (TPSA) is 62.2 Å². The third-order valence-corrected chi connectivity index (χ3v) is 3.88. The van der Waals surface area contributed by atoms with Gasteiger partial charge in [0.1, 0.15) is 4.88 Å². The minimum Gasteiger partial charge on any atom is -0.477 e. The minimum absolute atomic E-state index is 0.246. The fourth-order valence-electron chi connectivity index (χ4n) is 1.44. The molecule has 0 aliphatic heterocycles. The first kappa shape index (κ1) is 12.9. The molecule has 0 amide bonds. The SMILES string of the molecule is Cc1ccc(Nc2nc(C)c(C(=O)O)s2)cc1Cl. The lowest BCUT2D eigenvalue weighted by Gasteiger charge is -2.04. The molecule has 0 aliphatic rings. The number of benzene rings is 1. The molecule has 2 rings (SSSR count). The van der Waals surface area contributed by atoms with Gasteiger partial charge in [-0.15, -0.1) is 0 Å². The van der Waals surface area contributed by atoms with E-state index in [-0.39, 0.29) is 4.88 Å². The van der Waals surface area contributed by atoms with E-state index in [2.05, 4.69) is 10.3 Å². The van der Waals surface area contributed by atoms with Crippen LogP contribution in [0, 0.1) is 13.8 Å². The number of carboxylic acid groups (broad SMARTS) is 1. The number of halogens is 1. The van der Waals surface area contributed by atoms with Crippen LogP contribution in [-0.2, 0) is 0 Å². The zero-order valence-electron chi connectivity index (χ0n) is 9.82. The number of aromatic nitrogens is 1. The average molecular weight is 283 g/mol. The summed E-state index contributed by atoms with van der Waals surface area (Å²) in [5.41, 5.74) is 2.29. The van der Waals surface area contributed by atoms with Crippen molar-refractivity contribution in [2.45, 2.75) is 13.8 Å². The number of carboxylic acids is 1. The number of aromatic carboxylic acids is 1. The largest absolute Gasteiger partial charge is 0.477 e. The number of rotatable bonds is 3. The summed E-state index contributed by atoms with van der Waals surface area (Å²) in [5, 5.41) is 13.2. The van der Waals surface area contributed by atoms with Gasteiger partial charge in [0.25, 0.3) is 0 Å². The van der Waals surface area contributed by atoms with E-state index in [9.17, 15) is 4.79 Å². The Kier molecular flexibility index (Phi) is 3.54. The highest BCUT2D eigenvalue weighted by Crippen LogP contribution is 2.27. The molecule has 0 aliphatic carbocycles. The van der Waals surface area contributed by atoms with Gasteiger partial charge >= 0.3 is 5.97 Å². The number of aryl methyl sites for hydroxylation is 2. The second kappa shape index (κ2) is 4.96. The maximum atomic E-state index is 10.9. The maximum Gasteiger partial charge on any atom is 0.347 e. The predicted molar refractivity (Wildman–Crippen MR) is 73.3 cm³/mol. The van der Waals surface area contributed by atoms with Crippen molar-refractivity contribution in [1.82, 2.24) is 4.98 Å². The smallest absolute Gasteiger partial charge is 0.347 e. The Hall–Kier alpha value is -1.59. The van der Waals surface area contributed by atoms with Crippen molar-refractivity contribution < 1.29 is 9.90 Å². The molecule has 94 valence electrons. The first-order valence-electron chi connectivity index (χ1n) is 5.21. The van der Waals surface area contributed by atoms with Gasteiger partial charge in [-0.25, -0.2) is 9.78 Å². The summed E-state index contributed by atoms with van der Waals surface area (Å²) in [6.07, 6.45) is 0. The zero-order chi connectivity index (χ0) is 13.3. The Labute approximate surface area is 113 Å². The highest BCUT2D eigenvalue weighted by Gasteiger charge is 2.14. The molecule has 1 aromatic carbocycles. The fraction of sp³-hybridized carbons (Fsp3) is 0.167. The van der Waals surface area contributed by atoms with Crippen LogP contribution in [0.15, 0.2) is 18.2 Å². The molecule has 6 heteroatoms. The minimum atomic E-state index is -0.958. The number of carbonyl (C=O) groups is 1. The molecule has 1 heterocycles. The molecule has 0 radical (unpaired) electrons. The van der Waals surface area contributed by atoms with E-state index in [1.807, 2.05) is 19.1 Å². The average Bonchev–Trinajstić information content (AvgIpc) is 2.65. The fourth-order valence-corrected chi connectivity index (χ4v) is 2.45. The van der Waals surface area contributed by atoms with E-state index < -0.39 is 5.97 Å². The summed E-state index contributed by atoms with van der Waals surface area (Å²) in [6, 6.07) is 5.55. The number of nitrogens with one attached hydrogen (secondary N) is 1. The quantitative estimate of drug-likeness (QED) is 0.897. The molecule has 2 N–H and O–H groups in total. The Bertz CT molecular complexity index is 610. The summed E-state index contributed by atoms with van der Waals surface area (Å²) in [4.78, 5) is 15.3. The summed E-state index contributed by atoms with van der Waals surface area (Å²) in [5.74, 6) is -0.958. The first-order valence-corrected chi connectivity index (χ1v) is 6.40. The van der Waals surface area contributed by atoms with Crippen molar-refractivity contribution in [3.05, 3.63) is 39.4 Å². The summed E-state index contributed by atoms with van der Waals surface area (Å²) in [7, 11) is 0. The normalized spacial score (nSPS) is 10.4. The zero-order valence-corrected chi connectivity index (χ0v) is 11.4. The van der Waals surface area contributed by atoms with Crippen molar-refractivity contribution in [3.63, 3.8) is 0 Å². The molecule has 1 aromatic heterocycles. The third-order valence-electron chi connectivity index (χ3n) is 2.41. The van der Waals surface area contributed by atoms with Crippen LogP contribution in [0.5, 0.6) is 0 Å². The summed E-state index contributed by atoms with van der Waals surface area (Å²) in [6.45, 7) is 3.59. The number of hydrogen-bond donors (Lipinski definition) is 2. The van der Waals surface area contributed by atoms with Crippen molar-refractivity contribution in [2.24, 2.45) is 0 Å². The van der Waals surface area contributed by atoms with Crippen LogP contribution in [0.4, 0.5) is 10.8 Å². The van der Waals surface area contributed by atoms with E-state index in [1.54, 1.807) is 13.0 Å². The molecular formula is C12H11ClN2O2S. The van der Waals surface area contributed by atoms with Crippen LogP contribution in [0.2, 0.25) is 5.02 Å². The molecule has 0 unspecified atom stereocenters. The Morgan fingerprint density at radius 3 is 2.72 bits per heavy atom. The van der Waals surface area contributed by atoms with Crippen LogP contribution in [0.1, 0.15) is 20.9 Å². The molecule has 2 aromatic rings. The van der Waals surface area contributed by atoms with Gasteiger partial charge in [-0.2, -0.15) is 0 Å². The first-order chi connectivity index (χ1) is 8.47. The molecule has 0 spiro atoms. The highest BCUT2D eigenvalue weighted by molar-refractivity contribution is 7.17. The van der Waals surface area contributed by atoms with Crippen LogP contribution >= 0.6 is 22.9 Å². The lowest BCUT2D eigenvalue weighted by atomic mass is 10.2. The highest BCUT2D eigenvalue weighted by atomic mass is 35.5. The van der Waals surface area contributed by atoms with E-state index in [4.69, 9.17) is 16.7 Å². The third kappa shape index (κ3) is 2.63. The van der Waals surface area contributed by atoms with Gasteiger partial charge < -0.3 is 10.4 Å². The Morgan fingerprint density at radius 2 is 2.17 bits per heavy atom. The maximum absolute atomic E-state index is 10.9. The molecule has 18 heavy (non-hydrogen) atoms.